The summed E-state index contributed by atoms with van der Waals surface area (Å²) in [6, 6.07) is 0. The Kier molecular flexibility index (Phi) is 2.59. The summed E-state index contributed by atoms with van der Waals surface area (Å²) in [7, 11) is -3.99. The van der Waals surface area contributed by atoms with Crippen LogP contribution in [0.4, 0.5) is 8.78 Å². The average Bonchev–Trinajstić information content (AvgIpc) is 2.08. The third kappa shape index (κ3) is 2.83. The molecule has 0 radical (unpaired) electrons. The molecule has 7 heteroatoms. The lowest BCUT2D eigenvalue weighted by Gasteiger charge is -2.04. The summed E-state index contributed by atoms with van der Waals surface area (Å²) in [6.45, 7) is -0.238. The molecule has 1 aliphatic heterocycles. The lowest BCUT2D eigenvalue weighted by atomic mass is 10.3. The molecule has 2 atom stereocenters. The molecule has 2 unspecified atom stereocenters. The first kappa shape index (κ1) is 9.06. The Bertz CT molecular complexity index is 185. The second-order valence-corrected chi connectivity index (χ2v) is 3.52. The number of halogens is 2. The van der Waals surface area contributed by atoms with Gasteiger partial charge in [-0.25, -0.2) is 13.3 Å². The van der Waals surface area contributed by atoms with Gasteiger partial charge >= 0.3 is 7.82 Å². The van der Waals surface area contributed by atoms with Crippen molar-refractivity contribution in [2.75, 3.05) is 6.61 Å². The molecule has 1 rings (SSSR count). The first-order chi connectivity index (χ1) is 4.99. The van der Waals surface area contributed by atoms with E-state index in [-0.39, 0.29) is 6.61 Å². The van der Waals surface area contributed by atoms with Crippen LogP contribution in [0.1, 0.15) is 6.42 Å². The van der Waals surface area contributed by atoms with Gasteiger partial charge < -0.3 is 4.89 Å². The maximum absolute atomic E-state index is 11.6. The Morgan fingerprint density at radius 2 is 2.36 bits per heavy atom. The summed E-state index contributed by atoms with van der Waals surface area (Å²) in [5.41, 5.74) is 0. The van der Waals surface area contributed by atoms with Crippen molar-refractivity contribution in [3.63, 3.8) is 0 Å². The van der Waals surface area contributed by atoms with Gasteiger partial charge in [0.25, 0.3) is 0 Å². The first-order valence-electron chi connectivity index (χ1n) is 2.93. The maximum atomic E-state index is 11.6. The molecule has 1 aliphatic rings. The predicted molar refractivity (Wildman–Crippen MR) is 31.3 cm³/mol. The van der Waals surface area contributed by atoms with Gasteiger partial charge in [-0.15, -0.1) is 0 Å². The zero-order chi connectivity index (χ0) is 8.48. The van der Waals surface area contributed by atoms with Gasteiger partial charge in [-0.1, -0.05) is 0 Å². The van der Waals surface area contributed by atoms with Crippen molar-refractivity contribution in [3.8, 4) is 0 Å². The van der Waals surface area contributed by atoms with E-state index in [0.29, 0.717) is 0 Å². The normalized spacial score (nSPS) is 38.4. The number of phosphoric ester groups is 1. The van der Waals surface area contributed by atoms with Crippen molar-refractivity contribution in [1.29, 1.82) is 0 Å². The Morgan fingerprint density at radius 3 is 2.73 bits per heavy atom. The Labute approximate surface area is 61.7 Å². The van der Waals surface area contributed by atoms with Crippen LogP contribution < -0.4 is 0 Å². The van der Waals surface area contributed by atoms with Crippen LogP contribution >= 0.6 is 7.82 Å². The van der Waals surface area contributed by atoms with E-state index in [4.69, 9.17) is 4.89 Å². The summed E-state index contributed by atoms with van der Waals surface area (Å²) in [6.07, 6.45) is -4.06. The third-order valence-electron chi connectivity index (χ3n) is 1.15. The van der Waals surface area contributed by atoms with E-state index >= 15 is 0 Å². The second-order valence-electron chi connectivity index (χ2n) is 2.12. The monoisotopic (exact) mass is 188 g/mol. The molecular weight excluding hydrogens is 181 g/mol. The topological polar surface area (TPSA) is 55.8 Å². The summed E-state index contributed by atoms with van der Waals surface area (Å²) < 4.78 is 42.2. The van der Waals surface area contributed by atoms with Gasteiger partial charge in [-0.2, -0.15) is 0 Å². The minimum Gasteiger partial charge on any atom is -0.302 e. The molecule has 11 heavy (non-hydrogen) atoms. The van der Waals surface area contributed by atoms with Crippen LogP contribution in [0.2, 0.25) is 0 Å². The molecule has 1 heterocycles. The summed E-state index contributed by atoms with van der Waals surface area (Å²) >= 11 is 0. The van der Waals surface area contributed by atoms with Gasteiger partial charge in [0.2, 0.25) is 6.43 Å². The predicted octanol–water partition coefficient (Wildman–Crippen LogP) is 1.16. The van der Waals surface area contributed by atoms with E-state index in [9.17, 15) is 13.3 Å². The molecule has 0 amide bonds. The zero-order valence-corrected chi connectivity index (χ0v) is 6.34. The van der Waals surface area contributed by atoms with Gasteiger partial charge in [0, 0.05) is 6.42 Å². The molecule has 1 N–H and O–H groups in total. The number of hydrogen-bond acceptors (Lipinski definition) is 3. The highest BCUT2D eigenvalue weighted by Crippen LogP contribution is 2.50. The van der Waals surface area contributed by atoms with Crippen molar-refractivity contribution in [3.05, 3.63) is 0 Å². The van der Waals surface area contributed by atoms with E-state index in [0.717, 1.165) is 0 Å². The molecular formula is C4H7F2O4P. The molecule has 1 fully saturated rings. The van der Waals surface area contributed by atoms with Crippen LogP contribution in [0, 0.1) is 0 Å². The Morgan fingerprint density at radius 1 is 1.73 bits per heavy atom. The number of phosphoric acid groups is 1. The third-order valence-corrected chi connectivity index (χ3v) is 2.19. The largest absolute Gasteiger partial charge is 0.472 e. The molecule has 0 aromatic rings. The van der Waals surface area contributed by atoms with Crippen LogP contribution in [-0.2, 0) is 13.6 Å². The molecule has 0 bridgehead atoms. The van der Waals surface area contributed by atoms with E-state index in [1.165, 1.54) is 0 Å². The summed E-state index contributed by atoms with van der Waals surface area (Å²) in [5.74, 6) is 0. The average molecular weight is 188 g/mol. The SMILES string of the molecule is O=P1(O)OCC(CC(F)F)O1. The van der Waals surface area contributed by atoms with Gasteiger partial charge in [-0.3, -0.25) is 9.05 Å². The molecule has 0 aromatic carbocycles. The minimum atomic E-state index is -3.99. The van der Waals surface area contributed by atoms with Crippen molar-refractivity contribution >= 4 is 7.82 Å². The van der Waals surface area contributed by atoms with Gasteiger partial charge in [0.1, 0.15) is 0 Å². The number of rotatable bonds is 2. The summed E-state index contributed by atoms with van der Waals surface area (Å²) in [5, 5.41) is 0. The van der Waals surface area contributed by atoms with Crippen LogP contribution in [0.15, 0.2) is 0 Å². The van der Waals surface area contributed by atoms with Gasteiger partial charge in [0.15, 0.2) is 0 Å². The van der Waals surface area contributed by atoms with Crippen LogP contribution in [-0.4, -0.2) is 24.0 Å². The molecule has 1 saturated heterocycles. The fourth-order valence-electron chi connectivity index (χ4n) is 0.736. The molecule has 4 nitrogen and oxygen atoms in total. The Balaban J connectivity index is 2.37. The molecule has 66 valence electrons. The lowest BCUT2D eigenvalue weighted by Crippen LogP contribution is -2.13. The smallest absolute Gasteiger partial charge is 0.302 e. The molecule has 0 aliphatic carbocycles. The molecule has 0 spiro atoms. The quantitative estimate of drug-likeness (QED) is 0.660. The maximum Gasteiger partial charge on any atom is 0.472 e. The highest BCUT2D eigenvalue weighted by Gasteiger charge is 2.36. The van der Waals surface area contributed by atoms with Crippen LogP contribution in [0.3, 0.4) is 0 Å². The van der Waals surface area contributed by atoms with Crippen LogP contribution in [0.25, 0.3) is 0 Å². The standard InChI is InChI=1S/C4H7F2O4P/c5-4(6)1-3-2-9-11(7,8)10-3/h3-4H,1-2H2,(H,7,8). The van der Waals surface area contributed by atoms with Crippen molar-refractivity contribution < 1.29 is 27.3 Å². The van der Waals surface area contributed by atoms with Crippen molar-refractivity contribution in [2.24, 2.45) is 0 Å². The lowest BCUT2D eigenvalue weighted by molar-refractivity contribution is 0.0804. The van der Waals surface area contributed by atoms with E-state index in [2.05, 4.69) is 9.05 Å². The van der Waals surface area contributed by atoms with Crippen molar-refractivity contribution in [1.82, 2.24) is 0 Å². The number of hydrogen-bond donors (Lipinski definition) is 1. The van der Waals surface area contributed by atoms with Gasteiger partial charge in [-0.05, 0) is 0 Å². The zero-order valence-electron chi connectivity index (χ0n) is 5.44. The first-order valence-corrected chi connectivity index (χ1v) is 4.43. The van der Waals surface area contributed by atoms with Crippen LogP contribution in [0.5, 0.6) is 0 Å². The Hall–Kier alpha value is -0.0300. The van der Waals surface area contributed by atoms with Crippen molar-refractivity contribution in [2.45, 2.75) is 19.0 Å². The number of alkyl halides is 2. The highest BCUT2D eigenvalue weighted by molar-refractivity contribution is 7.47. The van der Waals surface area contributed by atoms with E-state index in [1.807, 2.05) is 0 Å². The van der Waals surface area contributed by atoms with E-state index in [1.54, 1.807) is 0 Å². The fraction of sp³-hybridized carbons (Fsp3) is 1.00. The molecule has 0 aromatic heterocycles. The van der Waals surface area contributed by atoms with E-state index < -0.39 is 26.8 Å². The van der Waals surface area contributed by atoms with Gasteiger partial charge in [0.05, 0.1) is 12.7 Å². The fourth-order valence-corrected chi connectivity index (χ4v) is 1.68. The minimum absolute atomic E-state index is 0.238. The summed E-state index contributed by atoms with van der Waals surface area (Å²) in [4.78, 5) is 8.54. The molecule has 0 saturated carbocycles. The highest BCUT2D eigenvalue weighted by atomic mass is 31.2. The second kappa shape index (κ2) is 3.15.